The molecule has 0 aliphatic carbocycles. The zero-order valence-corrected chi connectivity index (χ0v) is 12.2. The summed E-state index contributed by atoms with van der Waals surface area (Å²) in [4.78, 5) is 2.47. The lowest BCUT2D eigenvalue weighted by Crippen LogP contribution is -2.44. The molecule has 0 radical (unpaired) electrons. The molecule has 0 spiro atoms. The zero-order valence-electron chi connectivity index (χ0n) is 9.86. The predicted octanol–water partition coefficient (Wildman–Crippen LogP) is 3.15. The predicted molar refractivity (Wildman–Crippen MR) is 78.8 cm³/mol. The Bertz CT molecular complexity index is 327. The van der Waals surface area contributed by atoms with Crippen LogP contribution in [0.5, 0.6) is 0 Å². The van der Waals surface area contributed by atoms with E-state index in [1.807, 2.05) is 12.1 Å². The van der Waals surface area contributed by atoms with Crippen molar-refractivity contribution in [2.45, 2.75) is 13.0 Å². The van der Waals surface area contributed by atoms with Crippen LogP contribution in [0.15, 0.2) is 24.3 Å². The van der Waals surface area contributed by atoms with E-state index in [4.69, 9.17) is 11.6 Å². The smallest absolute Gasteiger partial charge is 0.0453 e. The topological polar surface area (TPSA) is 15.3 Å². The van der Waals surface area contributed by atoms with Gasteiger partial charge in [0, 0.05) is 37.2 Å². The van der Waals surface area contributed by atoms with Gasteiger partial charge in [0.2, 0.25) is 0 Å². The average molecular weight is 298 g/mol. The van der Waals surface area contributed by atoms with Gasteiger partial charge in [-0.15, -0.1) is 24.8 Å². The Hall–Kier alpha value is 0.01000. The number of nitrogens with one attached hydrogen (secondary N) is 1. The number of piperazine rings is 1. The molecule has 1 aromatic rings. The van der Waals surface area contributed by atoms with E-state index in [2.05, 4.69) is 29.3 Å². The molecule has 0 aromatic heterocycles. The molecule has 1 unspecified atom stereocenters. The SMILES string of the molecule is CC(c1ccccc1Cl)N1CCNCC1.Cl.Cl. The number of nitrogens with zero attached hydrogens (tertiary/aromatic N) is 1. The summed E-state index contributed by atoms with van der Waals surface area (Å²) in [7, 11) is 0. The van der Waals surface area contributed by atoms with Crippen molar-refractivity contribution in [3.8, 4) is 0 Å². The molecule has 1 aliphatic rings. The molecule has 0 saturated carbocycles. The highest BCUT2D eigenvalue weighted by molar-refractivity contribution is 6.31. The summed E-state index contributed by atoms with van der Waals surface area (Å²) < 4.78 is 0. The second-order valence-electron chi connectivity index (χ2n) is 3.98. The van der Waals surface area contributed by atoms with Gasteiger partial charge in [-0.25, -0.2) is 0 Å². The molecule has 1 aromatic carbocycles. The minimum Gasteiger partial charge on any atom is -0.314 e. The normalized spacial score (nSPS) is 17.8. The van der Waals surface area contributed by atoms with Crippen LogP contribution in [-0.4, -0.2) is 31.1 Å². The van der Waals surface area contributed by atoms with Gasteiger partial charge in [0.1, 0.15) is 0 Å². The lowest BCUT2D eigenvalue weighted by molar-refractivity contribution is 0.185. The van der Waals surface area contributed by atoms with Gasteiger partial charge in [-0.2, -0.15) is 0 Å². The fourth-order valence-electron chi connectivity index (χ4n) is 2.08. The van der Waals surface area contributed by atoms with Crippen molar-refractivity contribution in [2.75, 3.05) is 26.2 Å². The van der Waals surface area contributed by atoms with Crippen molar-refractivity contribution in [3.05, 3.63) is 34.9 Å². The summed E-state index contributed by atoms with van der Waals surface area (Å²) in [6, 6.07) is 8.54. The number of halogens is 3. The van der Waals surface area contributed by atoms with E-state index >= 15 is 0 Å². The van der Waals surface area contributed by atoms with Crippen molar-refractivity contribution < 1.29 is 0 Å². The Labute approximate surface area is 121 Å². The molecule has 1 atom stereocenters. The zero-order chi connectivity index (χ0) is 10.7. The van der Waals surface area contributed by atoms with Gasteiger partial charge >= 0.3 is 0 Å². The Morgan fingerprint density at radius 1 is 1.18 bits per heavy atom. The molecule has 1 saturated heterocycles. The van der Waals surface area contributed by atoms with Gasteiger partial charge in [0.15, 0.2) is 0 Å². The van der Waals surface area contributed by atoms with Crippen LogP contribution >= 0.6 is 36.4 Å². The van der Waals surface area contributed by atoms with Crippen LogP contribution in [-0.2, 0) is 0 Å². The highest BCUT2D eigenvalue weighted by atomic mass is 35.5. The van der Waals surface area contributed by atoms with Crippen molar-refractivity contribution in [1.29, 1.82) is 0 Å². The van der Waals surface area contributed by atoms with E-state index in [9.17, 15) is 0 Å². The molecule has 0 amide bonds. The van der Waals surface area contributed by atoms with Crippen LogP contribution in [0.25, 0.3) is 0 Å². The van der Waals surface area contributed by atoms with Crippen LogP contribution in [0.1, 0.15) is 18.5 Å². The summed E-state index contributed by atoms with van der Waals surface area (Å²) in [5.41, 5.74) is 1.24. The maximum absolute atomic E-state index is 6.20. The maximum atomic E-state index is 6.20. The minimum absolute atomic E-state index is 0. The van der Waals surface area contributed by atoms with Gasteiger partial charge in [0.05, 0.1) is 0 Å². The van der Waals surface area contributed by atoms with Crippen LogP contribution < -0.4 is 5.32 Å². The van der Waals surface area contributed by atoms with E-state index in [1.165, 1.54) is 5.56 Å². The van der Waals surface area contributed by atoms with E-state index in [-0.39, 0.29) is 24.8 Å². The molecular formula is C12H19Cl3N2. The summed E-state index contributed by atoms with van der Waals surface area (Å²) in [5.74, 6) is 0. The molecule has 2 nitrogen and oxygen atoms in total. The fraction of sp³-hybridized carbons (Fsp3) is 0.500. The maximum Gasteiger partial charge on any atom is 0.0453 e. The first-order chi connectivity index (χ1) is 7.29. The number of benzene rings is 1. The molecule has 1 N–H and O–H groups in total. The van der Waals surface area contributed by atoms with Crippen molar-refractivity contribution in [3.63, 3.8) is 0 Å². The number of rotatable bonds is 2. The first kappa shape index (κ1) is 17.0. The van der Waals surface area contributed by atoms with Gasteiger partial charge < -0.3 is 5.32 Å². The monoisotopic (exact) mass is 296 g/mol. The second-order valence-corrected chi connectivity index (χ2v) is 4.39. The third-order valence-electron chi connectivity index (χ3n) is 3.05. The van der Waals surface area contributed by atoms with Gasteiger partial charge in [-0.1, -0.05) is 29.8 Å². The highest BCUT2D eigenvalue weighted by Crippen LogP contribution is 2.26. The van der Waals surface area contributed by atoms with E-state index in [0.717, 1.165) is 31.2 Å². The molecule has 1 heterocycles. The van der Waals surface area contributed by atoms with Crippen LogP contribution in [0.3, 0.4) is 0 Å². The molecule has 1 fully saturated rings. The molecule has 1 aliphatic heterocycles. The first-order valence-electron chi connectivity index (χ1n) is 5.48. The van der Waals surface area contributed by atoms with Crippen molar-refractivity contribution in [2.24, 2.45) is 0 Å². The van der Waals surface area contributed by atoms with Gasteiger partial charge in [0.25, 0.3) is 0 Å². The molecule has 5 heteroatoms. The first-order valence-corrected chi connectivity index (χ1v) is 5.86. The third kappa shape index (κ3) is 4.31. The van der Waals surface area contributed by atoms with Gasteiger partial charge in [-0.3, -0.25) is 4.90 Å². The second kappa shape index (κ2) is 8.17. The third-order valence-corrected chi connectivity index (χ3v) is 3.40. The fourth-order valence-corrected chi connectivity index (χ4v) is 2.37. The molecule has 17 heavy (non-hydrogen) atoms. The van der Waals surface area contributed by atoms with Crippen molar-refractivity contribution >= 4 is 36.4 Å². The number of hydrogen-bond acceptors (Lipinski definition) is 2. The molecular weight excluding hydrogens is 279 g/mol. The van der Waals surface area contributed by atoms with E-state index in [0.29, 0.717) is 6.04 Å². The van der Waals surface area contributed by atoms with Gasteiger partial charge in [-0.05, 0) is 18.6 Å². The molecule has 2 rings (SSSR count). The summed E-state index contributed by atoms with van der Waals surface area (Å²) in [6.07, 6.45) is 0. The van der Waals surface area contributed by atoms with Crippen molar-refractivity contribution in [1.82, 2.24) is 10.2 Å². The van der Waals surface area contributed by atoms with Crippen LogP contribution in [0.2, 0.25) is 5.02 Å². The Kier molecular flexibility index (Phi) is 8.18. The molecule has 0 bridgehead atoms. The van der Waals surface area contributed by atoms with E-state index < -0.39 is 0 Å². The summed E-state index contributed by atoms with van der Waals surface area (Å²) >= 11 is 6.20. The minimum atomic E-state index is 0. The quantitative estimate of drug-likeness (QED) is 0.902. The standard InChI is InChI=1S/C12H17ClN2.2ClH/c1-10(15-8-6-14-7-9-15)11-4-2-3-5-12(11)13;;/h2-5,10,14H,6-9H2,1H3;2*1H. The Morgan fingerprint density at radius 2 is 1.76 bits per heavy atom. The lowest BCUT2D eigenvalue weighted by Gasteiger charge is -2.33. The summed E-state index contributed by atoms with van der Waals surface area (Å²) in [5, 5.41) is 4.24. The summed E-state index contributed by atoms with van der Waals surface area (Å²) in [6.45, 7) is 6.59. The lowest BCUT2D eigenvalue weighted by atomic mass is 10.1. The highest BCUT2D eigenvalue weighted by Gasteiger charge is 2.19. The Balaban J connectivity index is 0.00000128. The largest absolute Gasteiger partial charge is 0.314 e. The average Bonchev–Trinajstić information content (AvgIpc) is 2.30. The Morgan fingerprint density at radius 3 is 2.35 bits per heavy atom. The van der Waals surface area contributed by atoms with E-state index in [1.54, 1.807) is 0 Å². The number of hydrogen-bond donors (Lipinski definition) is 1. The van der Waals surface area contributed by atoms with Crippen LogP contribution in [0.4, 0.5) is 0 Å². The van der Waals surface area contributed by atoms with Crippen LogP contribution in [0, 0.1) is 0 Å². The molecule has 98 valence electrons.